The van der Waals surface area contributed by atoms with Crippen molar-refractivity contribution in [2.75, 3.05) is 6.61 Å². The highest BCUT2D eigenvalue weighted by atomic mass is 32.2. The van der Waals surface area contributed by atoms with Gasteiger partial charge in [0.25, 0.3) is 5.69 Å². The van der Waals surface area contributed by atoms with Gasteiger partial charge in [-0.25, -0.2) is 0 Å². The summed E-state index contributed by atoms with van der Waals surface area (Å²) in [5.74, 6) is 0. The van der Waals surface area contributed by atoms with Gasteiger partial charge >= 0.3 is 0 Å². The third-order valence-corrected chi connectivity index (χ3v) is 3.39. The summed E-state index contributed by atoms with van der Waals surface area (Å²) in [6.07, 6.45) is 0.635. The Morgan fingerprint density at radius 2 is 2.25 bits per heavy atom. The summed E-state index contributed by atoms with van der Waals surface area (Å²) >= 11 is 1.44. The molecular weight excluding hydrogens is 226 g/mol. The van der Waals surface area contributed by atoms with E-state index in [1.807, 2.05) is 19.9 Å². The van der Waals surface area contributed by atoms with E-state index in [2.05, 4.69) is 0 Å². The van der Waals surface area contributed by atoms with Gasteiger partial charge in [0.15, 0.2) is 0 Å². The van der Waals surface area contributed by atoms with Crippen molar-refractivity contribution in [3.63, 3.8) is 0 Å². The zero-order valence-corrected chi connectivity index (χ0v) is 10.2. The Bertz CT molecular complexity index is 381. The molecule has 0 aliphatic carbocycles. The van der Waals surface area contributed by atoms with Gasteiger partial charge in [-0.2, -0.15) is 0 Å². The maximum absolute atomic E-state index is 10.8. The van der Waals surface area contributed by atoms with Crippen molar-refractivity contribution in [3.8, 4) is 0 Å². The molecule has 0 saturated carbocycles. The number of hydrogen-bond donors (Lipinski definition) is 1. The van der Waals surface area contributed by atoms with Crippen LogP contribution in [0.2, 0.25) is 0 Å². The summed E-state index contributed by atoms with van der Waals surface area (Å²) in [6.45, 7) is 3.96. The molecule has 0 fully saturated rings. The molecule has 16 heavy (non-hydrogen) atoms. The van der Waals surface area contributed by atoms with Crippen LogP contribution in [-0.2, 0) is 0 Å². The molecule has 0 radical (unpaired) electrons. The zero-order chi connectivity index (χ0) is 12.1. The molecule has 1 N–H and O–H groups in total. The lowest BCUT2D eigenvalue weighted by atomic mass is 10.2. The van der Waals surface area contributed by atoms with Gasteiger partial charge in [-0.15, -0.1) is 11.8 Å². The lowest BCUT2D eigenvalue weighted by molar-refractivity contribution is -0.387. The Balaban J connectivity index is 2.92. The standard InChI is InChI=1S/C11H15NO3S/c1-8-3-4-10(12(14)15)11(7-8)16-9(2)5-6-13/h3-4,7,9,13H,5-6H2,1-2H3. The summed E-state index contributed by atoms with van der Waals surface area (Å²) in [5, 5.41) is 19.8. The van der Waals surface area contributed by atoms with Crippen molar-refractivity contribution in [1.82, 2.24) is 0 Å². The number of rotatable bonds is 5. The largest absolute Gasteiger partial charge is 0.396 e. The number of nitro groups is 1. The van der Waals surface area contributed by atoms with Gasteiger partial charge in [-0.1, -0.05) is 13.0 Å². The second-order valence-corrected chi connectivity index (χ2v) is 5.15. The van der Waals surface area contributed by atoms with Gasteiger partial charge in [-0.05, 0) is 25.0 Å². The predicted molar refractivity (Wildman–Crippen MR) is 64.9 cm³/mol. The molecule has 0 saturated heterocycles. The smallest absolute Gasteiger partial charge is 0.282 e. The summed E-state index contributed by atoms with van der Waals surface area (Å²) < 4.78 is 0. The van der Waals surface area contributed by atoms with E-state index in [-0.39, 0.29) is 22.5 Å². The molecule has 0 amide bonds. The van der Waals surface area contributed by atoms with Crippen LogP contribution in [0.5, 0.6) is 0 Å². The van der Waals surface area contributed by atoms with Crippen LogP contribution in [0.25, 0.3) is 0 Å². The Morgan fingerprint density at radius 1 is 1.56 bits per heavy atom. The molecule has 1 aromatic carbocycles. The predicted octanol–water partition coefficient (Wildman–Crippen LogP) is 2.77. The number of nitro benzene ring substituents is 1. The first-order valence-corrected chi connectivity index (χ1v) is 5.95. The summed E-state index contributed by atoms with van der Waals surface area (Å²) in [6, 6.07) is 5.08. The van der Waals surface area contributed by atoms with Crippen LogP contribution in [-0.4, -0.2) is 21.9 Å². The molecule has 0 heterocycles. The van der Waals surface area contributed by atoms with Gasteiger partial charge in [0, 0.05) is 17.9 Å². The van der Waals surface area contributed by atoms with Crippen LogP contribution in [0, 0.1) is 17.0 Å². The quantitative estimate of drug-likeness (QED) is 0.489. The second kappa shape index (κ2) is 5.86. The molecule has 4 nitrogen and oxygen atoms in total. The normalized spacial score (nSPS) is 12.4. The molecule has 1 unspecified atom stereocenters. The van der Waals surface area contributed by atoms with Crippen molar-refractivity contribution < 1.29 is 10.0 Å². The topological polar surface area (TPSA) is 63.4 Å². The van der Waals surface area contributed by atoms with E-state index in [0.717, 1.165) is 5.56 Å². The molecule has 0 spiro atoms. The molecule has 88 valence electrons. The fraction of sp³-hybridized carbons (Fsp3) is 0.455. The number of aliphatic hydroxyl groups excluding tert-OH is 1. The third-order valence-electron chi connectivity index (χ3n) is 2.18. The lowest BCUT2D eigenvalue weighted by Crippen LogP contribution is -2.00. The highest BCUT2D eigenvalue weighted by Crippen LogP contribution is 2.33. The average molecular weight is 241 g/mol. The minimum Gasteiger partial charge on any atom is -0.396 e. The van der Waals surface area contributed by atoms with E-state index in [4.69, 9.17) is 5.11 Å². The number of aryl methyl sites for hydroxylation is 1. The Hall–Kier alpha value is -1.07. The van der Waals surface area contributed by atoms with Gasteiger partial charge in [0.2, 0.25) is 0 Å². The van der Waals surface area contributed by atoms with Crippen LogP contribution in [0.3, 0.4) is 0 Å². The molecule has 5 heteroatoms. The maximum Gasteiger partial charge on any atom is 0.282 e. The monoisotopic (exact) mass is 241 g/mol. The maximum atomic E-state index is 10.8. The van der Waals surface area contributed by atoms with Crippen LogP contribution in [0.15, 0.2) is 23.1 Å². The minimum atomic E-state index is -0.368. The number of aliphatic hydroxyl groups is 1. The highest BCUT2D eigenvalue weighted by molar-refractivity contribution is 8.00. The van der Waals surface area contributed by atoms with Crippen molar-refractivity contribution >= 4 is 17.4 Å². The molecule has 1 aromatic rings. The highest BCUT2D eigenvalue weighted by Gasteiger charge is 2.16. The molecular formula is C11H15NO3S. The zero-order valence-electron chi connectivity index (χ0n) is 9.34. The van der Waals surface area contributed by atoms with Crippen LogP contribution in [0.1, 0.15) is 18.9 Å². The van der Waals surface area contributed by atoms with Gasteiger partial charge < -0.3 is 5.11 Å². The van der Waals surface area contributed by atoms with Crippen LogP contribution >= 0.6 is 11.8 Å². The average Bonchev–Trinajstić information content (AvgIpc) is 2.17. The first kappa shape index (κ1) is 13.0. The summed E-state index contributed by atoms with van der Waals surface area (Å²) in [7, 11) is 0. The van der Waals surface area contributed by atoms with Crippen molar-refractivity contribution in [3.05, 3.63) is 33.9 Å². The number of hydrogen-bond acceptors (Lipinski definition) is 4. The molecule has 0 aromatic heterocycles. The lowest BCUT2D eigenvalue weighted by Gasteiger charge is -2.10. The van der Waals surface area contributed by atoms with E-state index in [9.17, 15) is 10.1 Å². The molecule has 0 aliphatic rings. The number of nitrogens with zero attached hydrogens (tertiary/aromatic N) is 1. The van der Waals surface area contributed by atoms with E-state index in [1.54, 1.807) is 6.07 Å². The Morgan fingerprint density at radius 3 is 2.81 bits per heavy atom. The fourth-order valence-corrected chi connectivity index (χ4v) is 2.50. The number of benzene rings is 1. The van der Waals surface area contributed by atoms with Gasteiger partial charge in [0.05, 0.1) is 9.82 Å². The van der Waals surface area contributed by atoms with E-state index in [0.29, 0.717) is 11.3 Å². The van der Waals surface area contributed by atoms with Gasteiger partial charge in [-0.3, -0.25) is 10.1 Å². The van der Waals surface area contributed by atoms with E-state index >= 15 is 0 Å². The van der Waals surface area contributed by atoms with Crippen LogP contribution < -0.4 is 0 Å². The molecule has 0 aliphatic heterocycles. The Kier molecular flexibility index (Phi) is 4.76. The molecule has 0 bridgehead atoms. The summed E-state index contributed by atoms with van der Waals surface area (Å²) in [4.78, 5) is 11.1. The van der Waals surface area contributed by atoms with Crippen LogP contribution in [0.4, 0.5) is 5.69 Å². The number of thioether (sulfide) groups is 1. The molecule has 1 rings (SSSR count). The second-order valence-electron chi connectivity index (χ2n) is 3.67. The van der Waals surface area contributed by atoms with Gasteiger partial charge in [0.1, 0.15) is 0 Å². The first-order chi connectivity index (χ1) is 7.54. The van der Waals surface area contributed by atoms with E-state index < -0.39 is 0 Å². The van der Waals surface area contributed by atoms with Crippen molar-refractivity contribution in [2.24, 2.45) is 0 Å². The summed E-state index contributed by atoms with van der Waals surface area (Å²) in [5.41, 5.74) is 1.14. The first-order valence-electron chi connectivity index (χ1n) is 5.07. The molecule has 1 atom stereocenters. The Labute approximate surface area is 98.8 Å². The minimum absolute atomic E-state index is 0.105. The third kappa shape index (κ3) is 3.50. The van der Waals surface area contributed by atoms with Crippen molar-refractivity contribution in [2.45, 2.75) is 30.4 Å². The van der Waals surface area contributed by atoms with E-state index in [1.165, 1.54) is 17.8 Å². The fourth-order valence-electron chi connectivity index (χ4n) is 1.32. The van der Waals surface area contributed by atoms with Crippen molar-refractivity contribution in [1.29, 1.82) is 0 Å². The SMILES string of the molecule is Cc1ccc([N+](=O)[O-])c(SC(C)CCO)c1.